The Kier molecular flexibility index (Phi) is 6.79. The van der Waals surface area contributed by atoms with E-state index < -0.39 is 0 Å². The van der Waals surface area contributed by atoms with Crippen LogP contribution in [0.15, 0.2) is 24.3 Å². The van der Waals surface area contributed by atoms with Crippen LogP contribution in [-0.2, 0) is 35.5 Å². The first-order valence-corrected chi connectivity index (χ1v) is 11.2. The maximum atomic E-state index is 12.6. The third kappa shape index (κ3) is 4.90. The van der Waals surface area contributed by atoms with Crippen molar-refractivity contribution in [3.05, 3.63) is 47.0 Å². The highest BCUT2D eigenvalue weighted by Crippen LogP contribution is 2.20. The van der Waals surface area contributed by atoms with Crippen molar-refractivity contribution < 1.29 is 9.53 Å². The van der Waals surface area contributed by atoms with Gasteiger partial charge in [0.05, 0.1) is 6.04 Å². The maximum absolute atomic E-state index is 12.6. The average Bonchev–Trinajstić information content (AvgIpc) is 3.09. The van der Waals surface area contributed by atoms with Crippen LogP contribution in [0.25, 0.3) is 0 Å². The summed E-state index contributed by atoms with van der Waals surface area (Å²) in [7, 11) is 0. The van der Waals surface area contributed by atoms with Crippen LogP contribution < -0.4 is 5.32 Å². The molecule has 1 aromatic heterocycles. The summed E-state index contributed by atoms with van der Waals surface area (Å²) in [6.07, 6.45) is 3.54. The average molecular weight is 412 g/mol. The monoisotopic (exact) mass is 411 g/mol. The van der Waals surface area contributed by atoms with Crippen molar-refractivity contribution in [2.75, 3.05) is 26.3 Å². The molecular weight excluding hydrogens is 378 g/mol. The van der Waals surface area contributed by atoms with Crippen LogP contribution in [0, 0.1) is 5.92 Å². The number of nitrogens with one attached hydrogen (secondary N) is 1. The predicted molar refractivity (Wildman–Crippen MR) is 115 cm³/mol. The first kappa shape index (κ1) is 21.0. The van der Waals surface area contributed by atoms with Gasteiger partial charge in [-0.25, -0.2) is 0 Å². The first-order chi connectivity index (χ1) is 14.6. The number of ether oxygens (including phenoxy) is 1. The van der Waals surface area contributed by atoms with E-state index in [9.17, 15) is 4.79 Å². The fourth-order valence-electron chi connectivity index (χ4n) is 4.36. The first-order valence-electron chi connectivity index (χ1n) is 11.2. The van der Waals surface area contributed by atoms with E-state index in [2.05, 4.69) is 56.2 Å². The van der Waals surface area contributed by atoms with Crippen molar-refractivity contribution in [3.8, 4) is 0 Å². The van der Waals surface area contributed by atoms with Crippen molar-refractivity contribution >= 4 is 5.91 Å². The SMILES string of the molecule is CCc1ccc(CN2CCc3nnc([C@@H](C)NC(=O)C4CCOCC4)n3CC2)cc1. The van der Waals surface area contributed by atoms with Crippen molar-refractivity contribution in [1.29, 1.82) is 0 Å². The van der Waals surface area contributed by atoms with Crippen molar-refractivity contribution in [2.45, 2.75) is 58.7 Å². The Balaban J connectivity index is 1.36. The summed E-state index contributed by atoms with van der Waals surface area (Å²) in [5, 5.41) is 12.0. The molecule has 0 spiro atoms. The van der Waals surface area contributed by atoms with Crippen LogP contribution in [0.4, 0.5) is 0 Å². The quantitative estimate of drug-likeness (QED) is 0.791. The number of carbonyl (C=O) groups excluding carboxylic acids is 1. The molecule has 0 aliphatic carbocycles. The summed E-state index contributed by atoms with van der Waals surface area (Å²) in [5.74, 6) is 2.02. The Hall–Kier alpha value is -2.25. The Labute approximate surface area is 178 Å². The zero-order valence-electron chi connectivity index (χ0n) is 18.1. The molecule has 1 amide bonds. The Morgan fingerprint density at radius 3 is 2.60 bits per heavy atom. The summed E-state index contributed by atoms with van der Waals surface area (Å²) >= 11 is 0. The third-order valence-electron chi connectivity index (χ3n) is 6.32. The fourth-order valence-corrected chi connectivity index (χ4v) is 4.36. The van der Waals surface area contributed by atoms with Gasteiger partial charge in [0.15, 0.2) is 5.82 Å². The lowest BCUT2D eigenvalue weighted by Crippen LogP contribution is -2.36. The normalized spacial score (nSPS) is 19.1. The van der Waals surface area contributed by atoms with Crippen LogP contribution in [0.1, 0.15) is 55.5 Å². The largest absolute Gasteiger partial charge is 0.381 e. The molecule has 1 saturated heterocycles. The minimum absolute atomic E-state index is 0.0438. The minimum Gasteiger partial charge on any atom is -0.381 e. The van der Waals surface area contributed by atoms with Gasteiger partial charge in [-0.3, -0.25) is 9.69 Å². The molecule has 2 aliphatic rings. The predicted octanol–water partition coefficient (Wildman–Crippen LogP) is 2.50. The summed E-state index contributed by atoms with van der Waals surface area (Å²) < 4.78 is 7.57. The van der Waals surface area contributed by atoms with Crippen LogP contribution in [0.3, 0.4) is 0 Å². The fraction of sp³-hybridized carbons (Fsp3) is 0.609. The number of aromatic nitrogens is 3. The van der Waals surface area contributed by atoms with E-state index in [1.54, 1.807) is 0 Å². The number of carbonyl (C=O) groups is 1. The lowest BCUT2D eigenvalue weighted by molar-refractivity contribution is -0.128. The van der Waals surface area contributed by atoms with Crippen LogP contribution in [0.5, 0.6) is 0 Å². The molecule has 1 aromatic carbocycles. The van der Waals surface area contributed by atoms with Gasteiger partial charge in [0.1, 0.15) is 5.82 Å². The second-order valence-electron chi connectivity index (χ2n) is 8.44. The van der Waals surface area contributed by atoms with E-state index in [1.165, 1.54) is 11.1 Å². The number of rotatable bonds is 6. The third-order valence-corrected chi connectivity index (χ3v) is 6.32. The molecule has 2 aromatic rings. The molecule has 30 heavy (non-hydrogen) atoms. The number of benzene rings is 1. The van der Waals surface area contributed by atoms with Gasteiger partial charge < -0.3 is 14.6 Å². The molecule has 0 saturated carbocycles. The van der Waals surface area contributed by atoms with E-state index in [0.717, 1.165) is 63.5 Å². The van der Waals surface area contributed by atoms with Crippen molar-refractivity contribution in [2.24, 2.45) is 5.92 Å². The van der Waals surface area contributed by atoms with E-state index in [-0.39, 0.29) is 17.9 Å². The Bertz CT molecular complexity index is 842. The molecule has 0 bridgehead atoms. The summed E-state index contributed by atoms with van der Waals surface area (Å²) in [6, 6.07) is 8.79. The van der Waals surface area contributed by atoms with Gasteiger partial charge in [-0.1, -0.05) is 31.2 Å². The highest BCUT2D eigenvalue weighted by atomic mass is 16.5. The van der Waals surface area contributed by atoms with Crippen LogP contribution >= 0.6 is 0 Å². The van der Waals surface area contributed by atoms with Gasteiger partial charge in [-0.05, 0) is 37.3 Å². The summed E-state index contributed by atoms with van der Waals surface area (Å²) in [5.41, 5.74) is 2.73. The Morgan fingerprint density at radius 2 is 1.87 bits per heavy atom. The van der Waals surface area contributed by atoms with Crippen molar-refractivity contribution in [1.82, 2.24) is 25.0 Å². The molecule has 162 valence electrons. The number of hydrogen-bond donors (Lipinski definition) is 1. The molecule has 1 atom stereocenters. The molecule has 7 nitrogen and oxygen atoms in total. The van der Waals surface area contributed by atoms with E-state index in [0.29, 0.717) is 13.2 Å². The molecule has 1 N–H and O–H groups in total. The van der Waals surface area contributed by atoms with Crippen LogP contribution in [-0.4, -0.2) is 51.9 Å². The minimum atomic E-state index is -0.144. The van der Waals surface area contributed by atoms with Gasteiger partial charge in [0.25, 0.3) is 0 Å². The summed E-state index contributed by atoms with van der Waals surface area (Å²) in [6.45, 7) is 9.25. The second kappa shape index (κ2) is 9.71. The molecule has 1 fully saturated rings. The number of amides is 1. The van der Waals surface area contributed by atoms with E-state index >= 15 is 0 Å². The zero-order valence-corrected chi connectivity index (χ0v) is 18.1. The number of nitrogens with zero attached hydrogens (tertiary/aromatic N) is 4. The molecule has 0 unspecified atom stereocenters. The molecule has 0 radical (unpaired) electrons. The molecule has 4 rings (SSSR count). The standard InChI is InChI=1S/C23H33N5O2/c1-3-18-4-6-19(7-5-18)16-27-11-8-21-25-26-22(28(21)13-12-27)17(2)24-23(29)20-9-14-30-15-10-20/h4-7,17,20H,3,8-16H2,1-2H3,(H,24,29)/t17-/m1/s1. The molecule has 7 heteroatoms. The highest BCUT2D eigenvalue weighted by Gasteiger charge is 2.26. The number of aryl methyl sites for hydroxylation is 1. The van der Waals surface area contributed by atoms with Crippen LogP contribution in [0.2, 0.25) is 0 Å². The topological polar surface area (TPSA) is 72.3 Å². The number of hydrogen-bond acceptors (Lipinski definition) is 5. The van der Waals surface area contributed by atoms with Gasteiger partial charge >= 0.3 is 0 Å². The highest BCUT2D eigenvalue weighted by molar-refractivity contribution is 5.79. The molecule has 3 heterocycles. The van der Waals surface area contributed by atoms with Gasteiger partial charge in [-0.15, -0.1) is 10.2 Å². The lowest BCUT2D eigenvalue weighted by atomic mass is 9.99. The van der Waals surface area contributed by atoms with E-state index in [1.807, 2.05) is 6.92 Å². The lowest BCUT2D eigenvalue weighted by Gasteiger charge is -2.23. The van der Waals surface area contributed by atoms with Gasteiger partial charge in [-0.2, -0.15) is 0 Å². The summed E-state index contributed by atoms with van der Waals surface area (Å²) in [4.78, 5) is 15.1. The smallest absolute Gasteiger partial charge is 0.223 e. The van der Waals surface area contributed by atoms with Gasteiger partial charge in [0.2, 0.25) is 5.91 Å². The molecule has 2 aliphatic heterocycles. The van der Waals surface area contributed by atoms with Gasteiger partial charge in [0, 0.05) is 51.7 Å². The van der Waals surface area contributed by atoms with Crippen molar-refractivity contribution in [3.63, 3.8) is 0 Å². The second-order valence-corrected chi connectivity index (χ2v) is 8.44. The molecular formula is C23H33N5O2. The Morgan fingerprint density at radius 1 is 1.13 bits per heavy atom. The number of fused-ring (bicyclic) bond motifs is 1. The maximum Gasteiger partial charge on any atom is 0.223 e. The zero-order chi connectivity index (χ0) is 20.9. The van der Waals surface area contributed by atoms with E-state index in [4.69, 9.17) is 4.74 Å².